The van der Waals surface area contributed by atoms with Crippen LogP contribution in [0.4, 0.5) is 4.39 Å². The van der Waals surface area contributed by atoms with Crippen LogP contribution in [0.1, 0.15) is 40.9 Å². The van der Waals surface area contributed by atoms with Gasteiger partial charge < -0.3 is 14.4 Å². The summed E-state index contributed by atoms with van der Waals surface area (Å²) in [5.41, 5.74) is 1.67. The van der Waals surface area contributed by atoms with E-state index in [-0.39, 0.29) is 23.6 Å². The van der Waals surface area contributed by atoms with Gasteiger partial charge in [0.2, 0.25) is 5.82 Å². The molecular formula is C22H21FN4O3. The Morgan fingerprint density at radius 2 is 1.87 bits per heavy atom. The van der Waals surface area contributed by atoms with Gasteiger partial charge in [0.05, 0.1) is 11.7 Å². The molecule has 8 heteroatoms. The number of aromatic nitrogens is 3. The van der Waals surface area contributed by atoms with E-state index in [0.717, 1.165) is 24.2 Å². The van der Waals surface area contributed by atoms with Gasteiger partial charge in [0, 0.05) is 6.54 Å². The van der Waals surface area contributed by atoms with Gasteiger partial charge in [-0.1, -0.05) is 6.07 Å². The van der Waals surface area contributed by atoms with E-state index in [0.29, 0.717) is 37.0 Å². The Kier molecular flexibility index (Phi) is 4.61. The predicted octanol–water partition coefficient (Wildman–Crippen LogP) is 3.46. The molecule has 0 saturated carbocycles. The Morgan fingerprint density at radius 3 is 2.67 bits per heavy atom. The van der Waals surface area contributed by atoms with Gasteiger partial charge >= 0.3 is 0 Å². The van der Waals surface area contributed by atoms with Crippen LogP contribution in [0.15, 0.2) is 42.5 Å². The molecule has 154 valence electrons. The van der Waals surface area contributed by atoms with Gasteiger partial charge in [0.25, 0.3) is 5.91 Å². The van der Waals surface area contributed by atoms with Crippen molar-refractivity contribution >= 4 is 5.91 Å². The van der Waals surface area contributed by atoms with E-state index in [1.165, 1.54) is 12.1 Å². The number of carbonyl (C=O) groups is 1. The highest BCUT2D eigenvalue weighted by atomic mass is 19.1. The van der Waals surface area contributed by atoms with Crippen LogP contribution in [-0.2, 0) is 0 Å². The third-order valence-corrected chi connectivity index (χ3v) is 5.50. The minimum Gasteiger partial charge on any atom is -0.486 e. The molecular weight excluding hydrogens is 387 g/mol. The van der Waals surface area contributed by atoms with Crippen LogP contribution >= 0.6 is 0 Å². The van der Waals surface area contributed by atoms with Crippen molar-refractivity contribution in [1.29, 1.82) is 0 Å². The molecule has 2 aliphatic heterocycles. The molecule has 1 amide bonds. The average Bonchev–Trinajstić information content (AvgIpc) is 3.41. The number of fused-ring (bicyclic) bond motifs is 1. The van der Waals surface area contributed by atoms with Gasteiger partial charge in [-0.3, -0.25) is 4.79 Å². The van der Waals surface area contributed by atoms with Crippen molar-refractivity contribution in [1.82, 2.24) is 19.7 Å². The number of carbonyl (C=O) groups excluding carboxylic acids is 1. The molecule has 2 aromatic carbocycles. The first-order valence-electron chi connectivity index (χ1n) is 10.0. The normalized spacial score (nSPS) is 17.9. The minimum atomic E-state index is -0.327. The summed E-state index contributed by atoms with van der Waals surface area (Å²) in [6, 6.07) is 11.7. The fourth-order valence-electron chi connectivity index (χ4n) is 4.06. The molecule has 1 atom stereocenters. The van der Waals surface area contributed by atoms with Crippen LogP contribution in [0.2, 0.25) is 0 Å². The molecule has 1 saturated heterocycles. The maximum absolute atomic E-state index is 13.2. The second-order valence-electron chi connectivity index (χ2n) is 7.43. The lowest BCUT2D eigenvalue weighted by Gasteiger charge is -2.26. The van der Waals surface area contributed by atoms with Crippen LogP contribution in [0.5, 0.6) is 11.5 Å². The molecule has 1 aromatic heterocycles. The van der Waals surface area contributed by atoms with E-state index in [9.17, 15) is 9.18 Å². The summed E-state index contributed by atoms with van der Waals surface area (Å²) in [6.45, 7) is 3.48. The highest BCUT2D eigenvalue weighted by Crippen LogP contribution is 2.38. The Balaban J connectivity index is 1.42. The van der Waals surface area contributed by atoms with Crippen LogP contribution in [-0.4, -0.2) is 45.3 Å². The summed E-state index contributed by atoms with van der Waals surface area (Å²) >= 11 is 0. The van der Waals surface area contributed by atoms with Crippen molar-refractivity contribution in [2.45, 2.75) is 25.8 Å². The monoisotopic (exact) mass is 408 g/mol. The molecule has 7 nitrogen and oxygen atoms in total. The molecule has 5 rings (SSSR count). The molecule has 3 aromatic rings. The smallest absolute Gasteiger partial charge is 0.294 e. The molecule has 0 spiro atoms. The van der Waals surface area contributed by atoms with E-state index in [1.807, 2.05) is 23.1 Å². The van der Waals surface area contributed by atoms with Crippen molar-refractivity contribution in [3.8, 4) is 17.2 Å². The third-order valence-electron chi connectivity index (χ3n) is 5.50. The maximum atomic E-state index is 13.2. The van der Waals surface area contributed by atoms with Crippen molar-refractivity contribution < 1.29 is 18.7 Å². The topological polar surface area (TPSA) is 69.5 Å². The van der Waals surface area contributed by atoms with E-state index < -0.39 is 0 Å². The van der Waals surface area contributed by atoms with Crippen LogP contribution in [0.25, 0.3) is 5.69 Å². The maximum Gasteiger partial charge on any atom is 0.294 e. The summed E-state index contributed by atoms with van der Waals surface area (Å²) < 4.78 is 26.1. The van der Waals surface area contributed by atoms with Crippen LogP contribution in [0.3, 0.4) is 0 Å². The lowest BCUT2D eigenvalue weighted by Crippen LogP contribution is -2.31. The molecule has 2 aliphatic rings. The molecule has 0 bridgehead atoms. The standard InChI is InChI=1S/C22H21FN4O3/c1-14-24-21(25-27(14)17-7-5-16(23)6-8-17)22(28)26-10-2-3-18(26)15-4-9-19-20(13-15)30-12-11-29-19/h4-9,13,18H,2-3,10-12H2,1H3/t18-/m1/s1. The van der Waals surface area contributed by atoms with Gasteiger partial charge in [-0.25, -0.2) is 14.1 Å². The summed E-state index contributed by atoms with van der Waals surface area (Å²) in [6.07, 6.45) is 1.77. The quantitative estimate of drug-likeness (QED) is 0.664. The van der Waals surface area contributed by atoms with Gasteiger partial charge in [-0.2, -0.15) is 0 Å². The fourth-order valence-corrected chi connectivity index (χ4v) is 4.06. The van der Waals surface area contributed by atoms with E-state index in [2.05, 4.69) is 10.1 Å². The number of hydrogen-bond donors (Lipinski definition) is 0. The summed E-state index contributed by atoms with van der Waals surface area (Å²) in [5.74, 6) is 1.62. The first kappa shape index (κ1) is 18.6. The SMILES string of the molecule is Cc1nc(C(=O)N2CCC[C@@H]2c2ccc3c(c2)OCCO3)nn1-c1ccc(F)cc1. The zero-order valence-corrected chi connectivity index (χ0v) is 16.5. The average molecular weight is 408 g/mol. The number of likely N-dealkylation sites (tertiary alicyclic amines) is 1. The molecule has 0 aliphatic carbocycles. The number of rotatable bonds is 3. The first-order valence-corrected chi connectivity index (χ1v) is 10.0. The number of ether oxygens (including phenoxy) is 2. The highest BCUT2D eigenvalue weighted by molar-refractivity contribution is 5.91. The fraction of sp³-hybridized carbons (Fsp3) is 0.318. The third kappa shape index (κ3) is 3.28. The summed E-state index contributed by atoms with van der Waals surface area (Å²) in [7, 11) is 0. The summed E-state index contributed by atoms with van der Waals surface area (Å²) in [5, 5.41) is 4.40. The van der Waals surface area contributed by atoms with E-state index in [4.69, 9.17) is 9.47 Å². The van der Waals surface area contributed by atoms with Crippen molar-refractivity contribution in [3.05, 3.63) is 65.5 Å². The van der Waals surface area contributed by atoms with Gasteiger partial charge in [0.1, 0.15) is 24.9 Å². The van der Waals surface area contributed by atoms with Crippen molar-refractivity contribution in [3.63, 3.8) is 0 Å². The number of aryl methyl sites for hydroxylation is 1. The number of amides is 1. The largest absolute Gasteiger partial charge is 0.486 e. The predicted molar refractivity (Wildman–Crippen MR) is 106 cm³/mol. The van der Waals surface area contributed by atoms with Gasteiger partial charge in [0.15, 0.2) is 11.5 Å². The zero-order chi connectivity index (χ0) is 20.7. The minimum absolute atomic E-state index is 0.0635. The molecule has 0 N–H and O–H groups in total. The lowest BCUT2D eigenvalue weighted by atomic mass is 10.0. The number of nitrogens with zero attached hydrogens (tertiary/aromatic N) is 4. The molecule has 1 fully saturated rings. The Bertz CT molecular complexity index is 1100. The Hall–Kier alpha value is -3.42. The second-order valence-corrected chi connectivity index (χ2v) is 7.43. The molecule has 30 heavy (non-hydrogen) atoms. The highest BCUT2D eigenvalue weighted by Gasteiger charge is 2.33. The van der Waals surface area contributed by atoms with E-state index in [1.54, 1.807) is 23.7 Å². The van der Waals surface area contributed by atoms with Crippen LogP contribution in [0, 0.1) is 12.7 Å². The Morgan fingerprint density at radius 1 is 1.10 bits per heavy atom. The van der Waals surface area contributed by atoms with Crippen molar-refractivity contribution in [2.24, 2.45) is 0 Å². The number of halogens is 1. The van der Waals surface area contributed by atoms with Gasteiger partial charge in [-0.15, -0.1) is 5.10 Å². The van der Waals surface area contributed by atoms with Gasteiger partial charge in [-0.05, 0) is 61.7 Å². The second kappa shape index (κ2) is 7.44. The van der Waals surface area contributed by atoms with E-state index >= 15 is 0 Å². The number of hydrogen-bond acceptors (Lipinski definition) is 5. The van der Waals surface area contributed by atoms with Crippen LogP contribution < -0.4 is 9.47 Å². The zero-order valence-electron chi connectivity index (χ0n) is 16.5. The molecule has 0 radical (unpaired) electrons. The Labute approximate surface area is 173 Å². The first-order chi connectivity index (χ1) is 14.6. The number of benzene rings is 2. The summed E-state index contributed by atoms with van der Waals surface area (Å²) in [4.78, 5) is 19.4. The molecule has 3 heterocycles. The van der Waals surface area contributed by atoms with Crippen molar-refractivity contribution in [2.75, 3.05) is 19.8 Å². The lowest BCUT2D eigenvalue weighted by molar-refractivity contribution is 0.0722. The molecule has 0 unspecified atom stereocenters.